The van der Waals surface area contributed by atoms with Gasteiger partial charge in [0.15, 0.2) is 0 Å². The summed E-state index contributed by atoms with van der Waals surface area (Å²) in [5.74, 6) is 0.0901. The largest absolute Gasteiger partial charge is 0.616 e. The molecule has 0 aliphatic carbocycles. The van der Waals surface area contributed by atoms with Crippen LogP contribution in [0.3, 0.4) is 0 Å². The molecular formula is C9H10BCl-. The summed E-state index contributed by atoms with van der Waals surface area (Å²) in [6.45, 7) is 3.99. The van der Waals surface area contributed by atoms with Crippen LogP contribution in [0.25, 0.3) is 0 Å². The minimum Gasteiger partial charge on any atom is -0.616 e. The third-order valence-electron chi connectivity index (χ3n) is 1.72. The van der Waals surface area contributed by atoms with E-state index in [1.54, 1.807) is 0 Å². The zero-order valence-corrected chi connectivity index (χ0v) is 7.52. The highest BCUT2D eigenvalue weighted by molar-refractivity contribution is 6.30. The molecule has 0 heterocycles. The van der Waals surface area contributed by atoms with Gasteiger partial charge in [-0.1, -0.05) is 30.2 Å². The van der Waals surface area contributed by atoms with Crippen molar-refractivity contribution in [2.45, 2.75) is 19.7 Å². The maximum absolute atomic E-state index is 5.78. The van der Waals surface area contributed by atoms with Crippen molar-refractivity contribution in [2.24, 2.45) is 0 Å². The van der Waals surface area contributed by atoms with Gasteiger partial charge in [-0.25, -0.2) is 5.82 Å². The van der Waals surface area contributed by atoms with E-state index in [4.69, 9.17) is 19.4 Å². The fourth-order valence-corrected chi connectivity index (χ4v) is 1.38. The number of hydrogen-bond donors (Lipinski definition) is 0. The van der Waals surface area contributed by atoms with Crippen molar-refractivity contribution in [1.82, 2.24) is 0 Å². The lowest BCUT2D eigenvalue weighted by atomic mass is 9.81. The van der Waals surface area contributed by atoms with Gasteiger partial charge in [-0.2, -0.15) is 0 Å². The van der Waals surface area contributed by atoms with Gasteiger partial charge in [-0.15, -0.1) is 0 Å². The molecule has 0 bridgehead atoms. The molecule has 57 valence electrons. The van der Waals surface area contributed by atoms with Crippen LogP contribution in [0, 0.1) is 6.92 Å². The molecule has 0 aliphatic rings. The van der Waals surface area contributed by atoms with Gasteiger partial charge in [0, 0.05) is 5.02 Å². The van der Waals surface area contributed by atoms with Crippen molar-refractivity contribution in [3.05, 3.63) is 34.3 Å². The third-order valence-corrected chi connectivity index (χ3v) is 1.96. The van der Waals surface area contributed by atoms with Gasteiger partial charge in [-0.3, -0.25) is 0 Å². The van der Waals surface area contributed by atoms with Crippen LogP contribution in [-0.4, -0.2) is 7.85 Å². The summed E-state index contributed by atoms with van der Waals surface area (Å²) in [5, 5.41) is 0.770. The van der Waals surface area contributed by atoms with Crippen molar-refractivity contribution < 1.29 is 0 Å². The third kappa shape index (κ3) is 2.00. The van der Waals surface area contributed by atoms with E-state index in [1.807, 2.05) is 32.0 Å². The first-order valence-corrected chi connectivity index (χ1v) is 4.00. The first kappa shape index (κ1) is 8.67. The Morgan fingerprint density at radius 3 is 2.55 bits per heavy atom. The molecule has 0 spiro atoms. The molecule has 0 saturated carbocycles. The topological polar surface area (TPSA) is 0 Å². The average molecular weight is 164 g/mol. The molecule has 1 atom stereocenters. The Bertz CT molecular complexity index is 256. The zero-order valence-electron chi connectivity index (χ0n) is 6.76. The van der Waals surface area contributed by atoms with Crippen LogP contribution in [0.2, 0.25) is 5.02 Å². The molecule has 1 unspecified atom stereocenters. The first-order valence-electron chi connectivity index (χ1n) is 3.63. The monoisotopic (exact) mass is 164 g/mol. The summed E-state index contributed by atoms with van der Waals surface area (Å²) >= 11 is 5.78. The average Bonchev–Trinajstić information content (AvgIpc) is 1.85. The van der Waals surface area contributed by atoms with Gasteiger partial charge < -0.3 is 7.85 Å². The number of halogens is 1. The van der Waals surface area contributed by atoms with E-state index in [9.17, 15) is 0 Å². The minimum atomic E-state index is 0.0901. The van der Waals surface area contributed by atoms with E-state index >= 15 is 0 Å². The molecule has 0 saturated heterocycles. The Kier molecular flexibility index (Phi) is 2.61. The van der Waals surface area contributed by atoms with Gasteiger partial charge in [0.25, 0.3) is 0 Å². The molecule has 0 nitrogen and oxygen atoms in total. The van der Waals surface area contributed by atoms with E-state index in [2.05, 4.69) is 0 Å². The lowest BCUT2D eigenvalue weighted by molar-refractivity contribution is 1.06. The molecule has 0 N–H and O–H groups in total. The predicted octanol–water partition coefficient (Wildman–Crippen LogP) is 2.88. The van der Waals surface area contributed by atoms with Crippen molar-refractivity contribution in [1.29, 1.82) is 0 Å². The SMILES string of the molecule is [B-]C(C)c1ccc(Cl)cc1C. The molecule has 1 aromatic rings. The molecule has 1 aromatic carbocycles. The van der Waals surface area contributed by atoms with Crippen molar-refractivity contribution >= 4 is 19.4 Å². The fraction of sp³-hybridized carbons (Fsp3) is 0.333. The summed E-state index contributed by atoms with van der Waals surface area (Å²) in [7, 11) is 5.72. The zero-order chi connectivity index (χ0) is 8.43. The standard InChI is InChI=1S/C9H10BCl/c1-6-5-8(11)3-4-9(6)7(2)10/h3-5,7H,1-2H3/q-1. The van der Waals surface area contributed by atoms with Crippen LogP contribution >= 0.6 is 11.6 Å². The summed E-state index contributed by atoms with van der Waals surface area (Å²) in [5.41, 5.74) is 2.32. The molecule has 3 radical (unpaired) electrons. The summed E-state index contributed by atoms with van der Waals surface area (Å²) in [6.07, 6.45) is 0. The molecule has 11 heavy (non-hydrogen) atoms. The molecule has 0 amide bonds. The summed E-state index contributed by atoms with van der Waals surface area (Å²) in [6, 6.07) is 5.77. The second kappa shape index (κ2) is 3.31. The van der Waals surface area contributed by atoms with Crippen LogP contribution in [0.5, 0.6) is 0 Å². The van der Waals surface area contributed by atoms with E-state index in [0.717, 1.165) is 16.1 Å². The Morgan fingerprint density at radius 1 is 1.45 bits per heavy atom. The second-order valence-electron chi connectivity index (χ2n) is 2.79. The Labute approximate surface area is 74.0 Å². The van der Waals surface area contributed by atoms with Gasteiger partial charge in [-0.05, 0) is 24.6 Å². The van der Waals surface area contributed by atoms with Crippen molar-refractivity contribution in [3.8, 4) is 0 Å². The molecule has 0 aromatic heterocycles. The minimum absolute atomic E-state index is 0.0901. The molecule has 0 aliphatic heterocycles. The highest BCUT2D eigenvalue weighted by Gasteiger charge is 1.95. The first-order chi connectivity index (χ1) is 5.11. The van der Waals surface area contributed by atoms with Gasteiger partial charge in [0.1, 0.15) is 0 Å². The number of benzene rings is 1. The second-order valence-corrected chi connectivity index (χ2v) is 3.23. The normalized spacial score (nSPS) is 13.1. The summed E-state index contributed by atoms with van der Waals surface area (Å²) in [4.78, 5) is 0. The van der Waals surface area contributed by atoms with Crippen LogP contribution < -0.4 is 0 Å². The smallest absolute Gasteiger partial charge is 0.0408 e. The van der Waals surface area contributed by atoms with Crippen LogP contribution in [0.1, 0.15) is 23.9 Å². The molecule has 1 rings (SSSR count). The van der Waals surface area contributed by atoms with Crippen LogP contribution in [0.4, 0.5) is 0 Å². The predicted molar refractivity (Wildman–Crippen MR) is 50.4 cm³/mol. The lowest BCUT2D eigenvalue weighted by Crippen LogP contribution is -1.94. The quantitative estimate of drug-likeness (QED) is 0.560. The molecule has 0 fully saturated rings. The maximum atomic E-state index is 5.78. The van der Waals surface area contributed by atoms with E-state index in [1.165, 1.54) is 0 Å². The van der Waals surface area contributed by atoms with E-state index in [0.29, 0.717) is 0 Å². The van der Waals surface area contributed by atoms with Gasteiger partial charge in [0.2, 0.25) is 0 Å². The Balaban J connectivity index is 3.09. The molecular weight excluding hydrogens is 154 g/mol. The van der Waals surface area contributed by atoms with Crippen LogP contribution in [-0.2, 0) is 0 Å². The summed E-state index contributed by atoms with van der Waals surface area (Å²) < 4.78 is 0. The number of hydrogen-bond acceptors (Lipinski definition) is 0. The van der Waals surface area contributed by atoms with E-state index < -0.39 is 0 Å². The highest BCUT2D eigenvalue weighted by atomic mass is 35.5. The number of aryl methyl sites for hydroxylation is 1. The van der Waals surface area contributed by atoms with Crippen molar-refractivity contribution in [2.75, 3.05) is 0 Å². The maximum Gasteiger partial charge on any atom is 0.0408 e. The van der Waals surface area contributed by atoms with Gasteiger partial charge in [0.05, 0.1) is 0 Å². The number of rotatable bonds is 1. The van der Waals surface area contributed by atoms with E-state index in [-0.39, 0.29) is 5.82 Å². The van der Waals surface area contributed by atoms with Crippen molar-refractivity contribution in [3.63, 3.8) is 0 Å². The van der Waals surface area contributed by atoms with Crippen LogP contribution in [0.15, 0.2) is 18.2 Å². The Hall–Kier alpha value is -0.425. The Morgan fingerprint density at radius 2 is 2.09 bits per heavy atom. The van der Waals surface area contributed by atoms with Gasteiger partial charge >= 0.3 is 0 Å². The molecule has 2 heteroatoms. The highest BCUT2D eigenvalue weighted by Crippen LogP contribution is 2.20. The lowest BCUT2D eigenvalue weighted by Gasteiger charge is -2.20. The fourth-order valence-electron chi connectivity index (χ4n) is 1.15.